The average Bonchev–Trinajstić information content (AvgIpc) is 1.94. The smallest absolute Gasteiger partial charge is 0.323 e. The van der Waals surface area contributed by atoms with Gasteiger partial charge in [-0.3, -0.25) is 9.59 Å². The van der Waals surface area contributed by atoms with E-state index in [1.165, 1.54) is 12.3 Å². The molecule has 1 aromatic rings. The fourth-order valence-electron chi connectivity index (χ4n) is 0.760. The Morgan fingerprint density at radius 3 is 2.83 bits per heavy atom. The molecule has 0 aromatic carbocycles. The summed E-state index contributed by atoms with van der Waals surface area (Å²) in [6.07, 6.45) is 1.47. The predicted molar refractivity (Wildman–Crippen MR) is 51.1 cm³/mol. The van der Waals surface area contributed by atoms with Crippen molar-refractivity contribution in [2.24, 2.45) is 0 Å². The molecule has 0 saturated carbocycles. The van der Waals surface area contributed by atoms with E-state index in [9.17, 15) is 9.59 Å². The molecule has 0 saturated heterocycles. The molecule has 0 amide bonds. The van der Waals surface area contributed by atoms with Gasteiger partial charge in [-0.05, 0) is 28.7 Å². The Bertz CT molecular complexity index is 358. The number of carboxylic acids is 1. The number of rotatable bonds is 2. The minimum atomic E-state index is -1.02. The summed E-state index contributed by atoms with van der Waals surface area (Å²) in [6.45, 7) is -0.282. The van der Waals surface area contributed by atoms with E-state index in [4.69, 9.17) is 5.11 Å². The summed E-state index contributed by atoms with van der Waals surface area (Å²) in [6, 6.07) is 3.08. The molecule has 0 radical (unpaired) electrons. The molecule has 1 N–H and O–H groups in total. The first-order valence-electron chi connectivity index (χ1n) is 3.17. The van der Waals surface area contributed by atoms with Crippen LogP contribution in [0.3, 0.4) is 0 Å². The zero-order valence-corrected chi connectivity index (χ0v) is 8.19. The molecule has 1 rings (SSSR count). The number of aliphatic carboxylic acids is 1. The number of nitrogens with zero attached hydrogens (tertiary/aromatic N) is 1. The highest BCUT2D eigenvalue weighted by molar-refractivity contribution is 14.1. The summed E-state index contributed by atoms with van der Waals surface area (Å²) in [5.74, 6) is -1.02. The molecular formula is C7H6INO3. The molecule has 1 heterocycles. The van der Waals surface area contributed by atoms with Crippen LogP contribution in [-0.4, -0.2) is 15.6 Å². The number of aromatic nitrogens is 1. The highest BCUT2D eigenvalue weighted by Crippen LogP contribution is 1.97. The molecule has 0 bridgehead atoms. The fraction of sp³-hybridized carbons (Fsp3) is 0.143. The van der Waals surface area contributed by atoms with Gasteiger partial charge in [-0.15, -0.1) is 0 Å². The van der Waals surface area contributed by atoms with Gasteiger partial charge in [-0.2, -0.15) is 0 Å². The third-order valence-electron chi connectivity index (χ3n) is 1.26. The van der Waals surface area contributed by atoms with Crippen LogP contribution in [-0.2, 0) is 11.3 Å². The maximum absolute atomic E-state index is 11.1. The van der Waals surface area contributed by atoms with E-state index in [-0.39, 0.29) is 12.1 Å². The Morgan fingerprint density at radius 2 is 2.33 bits per heavy atom. The normalized spacial score (nSPS) is 9.75. The lowest BCUT2D eigenvalue weighted by atomic mass is 10.4. The van der Waals surface area contributed by atoms with Crippen molar-refractivity contribution in [1.82, 2.24) is 4.57 Å². The minimum absolute atomic E-state index is 0.282. The second-order valence-corrected chi connectivity index (χ2v) is 3.45. The van der Waals surface area contributed by atoms with Crippen LogP contribution in [0.5, 0.6) is 0 Å². The largest absolute Gasteiger partial charge is 0.480 e. The first kappa shape index (κ1) is 9.24. The van der Waals surface area contributed by atoms with Crippen LogP contribution in [0.1, 0.15) is 0 Å². The SMILES string of the molecule is O=C(O)Cn1ccc(I)cc1=O. The zero-order chi connectivity index (χ0) is 9.14. The summed E-state index contributed by atoms with van der Waals surface area (Å²) in [5, 5.41) is 8.40. The van der Waals surface area contributed by atoms with E-state index in [2.05, 4.69) is 0 Å². The fourth-order valence-corrected chi connectivity index (χ4v) is 1.19. The number of hydrogen-bond acceptors (Lipinski definition) is 2. The van der Waals surface area contributed by atoms with E-state index in [1.807, 2.05) is 22.6 Å². The molecule has 0 unspecified atom stereocenters. The van der Waals surface area contributed by atoms with Crippen molar-refractivity contribution < 1.29 is 9.90 Å². The van der Waals surface area contributed by atoms with E-state index in [0.29, 0.717) is 0 Å². The molecule has 5 heteroatoms. The standard InChI is InChI=1S/C7H6INO3/c8-5-1-2-9(4-7(11)12)6(10)3-5/h1-3H,4H2,(H,11,12). The number of carboxylic acid groups (broad SMARTS) is 1. The first-order chi connectivity index (χ1) is 5.59. The summed E-state index contributed by atoms with van der Waals surface area (Å²) >= 11 is 2.00. The lowest BCUT2D eigenvalue weighted by molar-refractivity contribution is -0.137. The molecule has 0 aliphatic heterocycles. The van der Waals surface area contributed by atoms with Crippen molar-refractivity contribution in [3.8, 4) is 0 Å². The Balaban J connectivity index is 3.02. The van der Waals surface area contributed by atoms with Crippen molar-refractivity contribution in [2.75, 3.05) is 0 Å². The molecule has 12 heavy (non-hydrogen) atoms. The molecule has 64 valence electrons. The van der Waals surface area contributed by atoms with Crippen molar-refractivity contribution in [1.29, 1.82) is 0 Å². The zero-order valence-electron chi connectivity index (χ0n) is 6.03. The monoisotopic (exact) mass is 279 g/mol. The van der Waals surface area contributed by atoms with E-state index in [0.717, 1.165) is 8.14 Å². The Morgan fingerprint density at radius 1 is 1.67 bits per heavy atom. The number of pyridine rings is 1. The average molecular weight is 279 g/mol. The Kier molecular flexibility index (Phi) is 2.85. The van der Waals surface area contributed by atoms with Gasteiger partial charge in [0, 0.05) is 15.8 Å². The first-order valence-corrected chi connectivity index (χ1v) is 4.25. The third-order valence-corrected chi connectivity index (χ3v) is 1.93. The van der Waals surface area contributed by atoms with Crippen LogP contribution < -0.4 is 5.56 Å². The van der Waals surface area contributed by atoms with Crippen LogP contribution in [0.4, 0.5) is 0 Å². The van der Waals surface area contributed by atoms with Crippen LogP contribution in [0.15, 0.2) is 23.1 Å². The highest BCUT2D eigenvalue weighted by Gasteiger charge is 2.00. The topological polar surface area (TPSA) is 59.3 Å². The van der Waals surface area contributed by atoms with Gasteiger partial charge >= 0.3 is 5.97 Å². The molecule has 0 aliphatic rings. The van der Waals surface area contributed by atoms with E-state index < -0.39 is 5.97 Å². The summed E-state index contributed by atoms with van der Waals surface area (Å²) in [4.78, 5) is 21.3. The van der Waals surface area contributed by atoms with Crippen LogP contribution in [0.25, 0.3) is 0 Å². The second-order valence-electron chi connectivity index (χ2n) is 2.20. The minimum Gasteiger partial charge on any atom is -0.480 e. The van der Waals surface area contributed by atoms with Crippen molar-refractivity contribution in [3.63, 3.8) is 0 Å². The summed E-state index contributed by atoms with van der Waals surface area (Å²) in [7, 11) is 0. The summed E-state index contributed by atoms with van der Waals surface area (Å²) < 4.78 is 1.95. The van der Waals surface area contributed by atoms with Gasteiger partial charge in [0.25, 0.3) is 5.56 Å². The molecule has 0 atom stereocenters. The highest BCUT2D eigenvalue weighted by atomic mass is 127. The molecule has 4 nitrogen and oxygen atoms in total. The third kappa shape index (κ3) is 2.33. The van der Waals surface area contributed by atoms with Gasteiger partial charge in [-0.1, -0.05) is 0 Å². The van der Waals surface area contributed by atoms with Crippen molar-refractivity contribution in [2.45, 2.75) is 6.54 Å². The maximum atomic E-state index is 11.1. The molecule has 0 aliphatic carbocycles. The van der Waals surface area contributed by atoms with Crippen LogP contribution >= 0.6 is 22.6 Å². The van der Waals surface area contributed by atoms with Crippen LogP contribution in [0.2, 0.25) is 0 Å². The quantitative estimate of drug-likeness (QED) is 0.804. The lowest BCUT2D eigenvalue weighted by Crippen LogP contribution is -2.22. The number of hydrogen-bond donors (Lipinski definition) is 1. The van der Waals surface area contributed by atoms with Crippen molar-refractivity contribution in [3.05, 3.63) is 32.3 Å². The molecule has 0 spiro atoms. The van der Waals surface area contributed by atoms with Gasteiger partial charge in [0.1, 0.15) is 6.54 Å². The Labute approximate surface area is 82.0 Å². The second kappa shape index (κ2) is 3.70. The number of carbonyl (C=O) groups is 1. The van der Waals surface area contributed by atoms with Gasteiger partial charge in [-0.25, -0.2) is 0 Å². The lowest BCUT2D eigenvalue weighted by Gasteiger charge is -1.99. The molecular weight excluding hydrogens is 273 g/mol. The van der Waals surface area contributed by atoms with E-state index >= 15 is 0 Å². The predicted octanol–water partition coefficient (Wildman–Crippen LogP) is 0.538. The molecule has 1 aromatic heterocycles. The maximum Gasteiger partial charge on any atom is 0.323 e. The number of halogens is 1. The van der Waals surface area contributed by atoms with Crippen molar-refractivity contribution >= 4 is 28.6 Å². The Hall–Kier alpha value is -0.850. The van der Waals surface area contributed by atoms with Crippen LogP contribution in [0, 0.1) is 3.57 Å². The van der Waals surface area contributed by atoms with Gasteiger partial charge in [0.2, 0.25) is 0 Å². The van der Waals surface area contributed by atoms with Gasteiger partial charge in [0.15, 0.2) is 0 Å². The summed E-state index contributed by atoms with van der Waals surface area (Å²) in [5.41, 5.74) is -0.288. The molecule has 0 fully saturated rings. The van der Waals surface area contributed by atoms with Gasteiger partial charge in [0.05, 0.1) is 0 Å². The van der Waals surface area contributed by atoms with Gasteiger partial charge < -0.3 is 9.67 Å². The van der Waals surface area contributed by atoms with E-state index in [1.54, 1.807) is 6.07 Å².